The van der Waals surface area contributed by atoms with Crippen molar-refractivity contribution in [3.8, 4) is 17.2 Å². The highest BCUT2D eigenvalue weighted by atomic mass is 19.4. The van der Waals surface area contributed by atoms with Gasteiger partial charge in [-0.1, -0.05) is 24.3 Å². The summed E-state index contributed by atoms with van der Waals surface area (Å²) in [5.74, 6) is -13.2. The van der Waals surface area contributed by atoms with Crippen LogP contribution in [0.1, 0.15) is 11.1 Å². The van der Waals surface area contributed by atoms with Gasteiger partial charge in [0.2, 0.25) is 0 Å². The molecule has 230 valence electrons. The van der Waals surface area contributed by atoms with Crippen molar-refractivity contribution in [2.24, 2.45) is 0 Å². The molecule has 0 aliphatic heterocycles. The zero-order chi connectivity index (χ0) is 31.5. The van der Waals surface area contributed by atoms with Gasteiger partial charge in [0.05, 0.1) is 12.7 Å². The molecule has 5 nitrogen and oxygen atoms in total. The molecule has 17 heteroatoms. The number of hydrogen-bond donors (Lipinski definition) is 1. The highest BCUT2D eigenvalue weighted by Gasteiger charge is 2.73. The minimum Gasteiger partial charge on any atom is -0.453 e. The first kappa shape index (κ1) is 32.6. The second kappa shape index (κ2) is 12.1. The number of ether oxygens (including phenoxy) is 2. The highest BCUT2D eigenvalue weighted by molar-refractivity contribution is 5.53. The Morgan fingerprint density at radius 1 is 0.833 bits per heavy atom. The lowest BCUT2D eigenvalue weighted by atomic mass is 9.99. The molecule has 0 saturated heterocycles. The first-order valence-electron chi connectivity index (χ1n) is 11.4. The van der Waals surface area contributed by atoms with Gasteiger partial charge in [-0.15, -0.1) is 0 Å². The lowest BCUT2D eigenvalue weighted by Gasteiger charge is -2.30. The van der Waals surface area contributed by atoms with E-state index in [-0.39, 0.29) is 23.3 Å². The first-order valence-corrected chi connectivity index (χ1v) is 11.4. The highest BCUT2D eigenvalue weighted by Crippen LogP contribution is 2.51. The van der Waals surface area contributed by atoms with Crippen LogP contribution < -0.4 is 14.4 Å². The van der Waals surface area contributed by atoms with Gasteiger partial charge in [-0.2, -0.15) is 52.7 Å². The van der Waals surface area contributed by atoms with Gasteiger partial charge in [-0.3, -0.25) is 4.98 Å². The zero-order valence-electron chi connectivity index (χ0n) is 20.6. The molecule has 42 heavy (non-hydrogen) atoms. The summed E-state index contributed by atoms with van der Waals surface area (Å²) in [5, 5.41) is 9.66. The van der Waals surface area contributed by atoms with Crippen LogP contribution >= 0.6 is 0 Å². The van der Waals surface area contributed by atoms with Crippen LogP contribution in [0.3, 0.4) is 0 Å². The van der Waals surface area contributed by atoms with Gasteiger partial charge in [0.1, 0.15) is 5.75 Å². The minimum atomic E-state index is -6.62. The Hall–Kier alpha value is -3.89. The van der Waals surface area contributed by atoms with Gasteiger partial charge in [0, 0.05) is 36.1 Å². The predicted molar refractivity (Wildman–Crippen MR) is 122 cm³/mol. The molecule has 0 unspecified atom stereocenters. The number of halogens is 12. The molecular formula is C25H18F12N2O3. The van der Waals surface area contributed by atoms with Gasteiger partial charge < -0.3 is 19.5 Å². The lowest BCUT2D eigenvalue weighted by Crippen LogP contribution is -2.50. The van der Waals surface area contributed by atoms with Crippen LogP contribution in [0.25, 0.3) is 0 Å². The summed E-state index contributed by atoms with van der Waals surface area (Å²) in [5.41, 5.74) is -2.37. The Labute approximate surface area is 228 Å². The number of benzene rings is 2. The van der Waals surface area contributed by atoms with E-state index in [0.29, 0.717) is 12.1 Å². The van der Waals surface area contributed by atoms with Crippen molar-refractivity contribution >= 4 is 5.69 Å². The standard InChI is InChI=1S/C25H18F12N2O3/c26-21(27)42-19-11-38-8-7-18(19)41-17-6-2-5-16(10-17)39(13-20(40)23(30,31)32)12-14-3-1-4-15(9-14)22(28,29)24(33,34)25(35,36)37/h1-11,20-21,40H,12-13H2/t20-/m1/s1. The molecular weight excluding hydrogens is 604 g/mol. The van der Waals surface area contributed by atoms with Gasteiger partial charge in [0.25, 0.3) is 0 Å². The van der Waals surface area contributed by atoms with Gasteiger partial charge in [0.15, 0.2) is 17.6 Å². The number of hydrogen-bond acceptors (Lipinski definition) is 5. The Kier molecular flexibility index (Phi) is 9.44. The van der Waals surface area contributed by atoms with Crippen LogP contribution in [0, 0.1) is 0 Å². The molecule has 0 fully saturated rings. The summed E-state index contributed by atoms with van der Waals surface area (Å²) >= 11 is 0. The molecule has 0 radical (unpaired) electrons. The molecule has 0 bridgehead atoms. The van der Waals surface area contributed by atoms with Crippen molar-refractivity contribution in [1.29, 1.82) is 0 Å². The Morgan fingerprint density at radius 3 is 2.12 bits per heavy atom. The van der Waals surface area contributed by atoms with E-state index in [1.807, 2.05) is 0 Å². The molecule has 3 aromatic rings. The Balaban J connectivity index is 1.98. The monoisotopic (exact) mass is 622 g/mol. The largest absolute Gasteiger partial charge is 0.460 e. The Morgan fingerprint density at radius 2 is 1.50 bits per heavy atom. The number of nitrogens with zero attached hydrogens (tertiary/aromatic N) is 2. The number of aliphatic hydroxyl groups excluding tert-OH is 1. The third-order valence-electron chi connectivity index (χ3n) is 5.56. The van der Waals surface area contributed by atoms with E-state index in [2.05, 4.69) is 9.72 Å². The average molecular weight is 622 g/mol. The van der Waals surface area contributed by atoms with Gasteiger partial charge in [-0.25, -0.2) is 0 Å². The van der Waals surface area contributed by atoms with E-state index in [4.69, 9.17) is 4.74 Å². The quantitative estimate of drug-likeness (QED) is 0.222. The third kappa shape index (κ3) is 7.49. The number of aliphatic hydroxyl groups is 1. The maximum absolute atomic E-state index is 14.3. The Bertz CT molecular complexity index is 1350. The van der Waals surface area contributed by atoms with Crippen LogP contribution in [0.4, 0.5) is 58.4 Å². The van der Waals surface area contributed by atoms with E-state index in [1.165, 1.54) is 18.2 Å². The van der Waals surface area contributed by atoms with Crippen molar-refractivity contribution in [3.05, 3.63) is 78.1 Å². The molecule has 0 aliphatic carbocycles. The predicted octanol–water partition coefficient (Wildman–Crippen LogP) is 7.69. The lowest BCUT2D eigenvalue weighted by molar-refractivity contribution is -0.359. The van der Waals surface area contributed by atoms with Crippen LogP contribution in [0.2, 0.25) is 0 Å². The SMILES string of the molecule is O[C@H](CN(Cc1cccc(C(F)(F)C(F)(F)C(F)(F)F)c1)c1cccc(Oc2ccncc2OC(F)F)c1)C(F)(F)F. The summed E-state index contributed by atoms with van der Waals surface area (Å²) in [6.07, 6.45) is -12.8. The summed E-state index contributed by atoms with van der Waals surface area (Å²) in [6, 6.07) is 8.06. The molecule has 0 spiro atoms. The molecule has 1 heterocycles. The first-order chi connectivity index (χ1) is 19.3. The van der Waals surface area contributed by atoms with Crippen molar-refractivity contribution in [2.45, 2.75) is 43.5 Å². The molecule has 1 atom stereocenters. The fourth-order valence-corrected chi connectivity index (χ4v) is 3.52. The van der Waals surface area contributed by atoms with Crippen molar-refractivity contribution in [3.63, 3.8) is 0 Å². The fraction of sp³-hybridized carbons (Fsp3) is 0.320. The maximum Gasteiger partial charge on any atom is 0.460 e. The van der Waals surface area contributed by atoms with E-state index < -0.39 is 66.9 Å². The summed E-state index contributed by atoms with van der Waals surface area (Å²) in [4.78, 5) is 4.35. The average Bonchev–Trinajstić information content (AvgIpc) is 2.88. The summed E-state index contributed by atoms with van der Waals surface area (Å²) < 4.78 is 168. The molecule has 0 amide bonds. The second-order valence-electron chi connectivity index (χ2n) is 8.59. The summed E-state index contributed by atoms with van der Waals surface area (Å²) in [7, 11) is 0. The summed E-state index contributed by atoms with van der Waals surface area (Å²) in [6.45, 7) is -5.31. The van der Waals surface area contributed by atoms with Gasteiger partial charge >= 0.3 is 30.8 Å². The zero-order valence-corrected chi connectivity index (χ0v) is 20.6. The minimum absolute atomic E-state index is 0.172. The number of rotatable bonds is 11. The third-order valence-corrected chi connectivity index (χ3v) is 5.56. The second-order valence-corrected chi connectivity index (χ2v) is 8.59. The molecule has 0 aliphatic rings. The van der Waals surface area contributed by atoms with E-state index >= 15 is 0 Å². The molecule has 1 aromatic heterocycles. The van der Waals surface area contributed by atoms with Crippen molar-refractivity contribution in [2.75, 3.05) is 11.4 Å². The van der Waals surface area contributed by atoms with E-state index in [9.17, 15) is 57.8 Å². The topological polar surface area (TPSA) is 54.8 Å². The maximum atomic E-state index is 14.3. The number of alkyl halides is 12. The van der Waals surface area contributed by atoms with Crippen LogP contribution in [0.5, 0.6) is 17.2 Å². The number of pyridine rings is 1. The molecule has 3 rings (SSSR count). The fourth-order valence-electron chi connectivity index (χ4n) is 3.52. The van der Waals surface area contributed by atoms with Crippen molar-refractivity contribution < 1.29 is 67.3 Å². The van der Waals surface area contributed by atoms with E-state index in [1.54, 1.807) is 0 Å². The van der Waals surface area contributed by atoms with Gasteiger partial charge in [-0.05, 0) is 23.8 Å². The molecule has 1 N–H and O–H groups in total. The smallest absolute Gasteiger partial charge is 0.453 e. The normalized spacial score (nSPS) is 13.7. The van der Waals surface area contributed by atoms with Crippen LogP contribution in [0.15, 0.2) is 67.0 Å². The van der Waals surface area contributed by atoms with Crippen LogP contribution in [-0.2, 0) is 12.5 Å². The van der Waals surface area contributed by atoms with Crippen molar-refractivity contribution in [1.82, 2.24) is 4.98 Å². The molecule has 2 aromatic carbocycles. The van der Waals surface area contributed by atoms with E-state index in [0.717, 1.165) is 35.5 Å². The number of aromatic nitrogens is 1. The number of anilines is 1. The molecule has 0 saturated carbocycles. The van der Waals surface area contributed by atoms with Crippen LogP contribution in [-0.4, -0.2) is 47.6 Å².